The van der Waals surface area contributed by atoms with Crippen LogP contribution in [0.15, 0.2) is 78.9 Å². The van der Waals surface area contributed by atoms with E-state index in [2.05, 4.69) is 5.32 Å². The molecule has 5 heteroatoms. The van der Waals surface area contributed by atoms with Crippen LogP contribution in [0, 0.1) is 6.92 Å². The summed E-state index contributed by atoms with van der Waals surface area (Å²) < 4.78 is 11.0. The molecule has 0 spiro atoms. The molecule has 0 radical (unpaired) electrons. The number of rotatable bonds is 8. The minimum atomic E-state index is -0.597. The Morgan fingerprint density at radius 1 is 0.862 bits per heavy atom. The molecule has 3 aromatic carbocycles. The van der Waals surface area contributed by atoms with Crippen LogP contribution in [0.2, 0.25) is 0 Å². The molecule has 0 heterocycles. The second kappa shape index (κ2) is 10.1. The Kier molecular flexibility index (Phi) is 7.00. The fraction of sp³-hybridized carbons (Fsp3) is 0.167. The SMILES string of the molecule is Cc1cccc(COc2ccccc2C(=O)OCC(=O)NCc2ccccc2)c1. The minimum absolute atomic E-state index is 0.288. The topological polar surface area (TPSA) is 64.6 Å². The number of carbonyl (C=O) groups is 2. The van der Waals surface area contributed by atoms with E-state index in [0.29, 0.717) is 18.9 Å². The van der Waals surface area contributed by atoms with Gasteiger partial charge in [-0.1, -0.05) is 72.3 Å². The lowest BCUT2D eigenvalue weighted by molar-refractivity contribution is -0.124. The maximum absolute atomic E-state index is 12.4. The quantitative estimate of drug-likeness (QED) is 0.591. The molecule has 0 bridgehead atoms. The second-order valence-corrected chi connectivity index (χ2v) is 6.61. The van der Waals surface area contributed by atoms with Crippen molar-refractivity contribution in [1.82, 2.24) is 5.32 Å². The van der Waals surface area contributed by atoms with Crippen LogP contribution in [0.1, 0.15) is 27.0 Å². The summed E-state index contributed by atoms with van der Waals surface area (Å²) in [6.07, 6.45) is 0. The van der Waals surface area contributed by atoms with Crippen molar-refractivity contribution in [3.63, 3.8) is 0 Å². The number of benzene rings is 3. The van der Waals surface area contributed by atoms with E-state index in [0.717, 1.165) is 16.7 Å². The highest BCUT2D eigenvalue weighted by atomic mass is 16.5. The predicted molar refractivity (Wildman–Crippen MR) is 111 cm³/mol. The molecule has 1 N–H and O–H groups in total. The number of hydrogen-bond donors (Lipinski definition) is 1. The fourth-order valence-corrected chi connectivity index (χ4v) is 2.78. The van der Waals surface area contributed by atoms with E-state index in [4.69, 9.17) is 9.47 Å². The Morgan fingerprint density at radius 3 is 2.38 bits per heavy atom. The molecule has 3 rings (SSSR count). The molecule has 0 saturated heterocycles. The molecule has 0 fully saturated rings. The molecule has 1 amide bonds. The van der Waals surface area contributed by atoms with Gasteiger partial charge in [-0.3, -0.25) is 4.79 Å². The van der Waals surface area contributed by atoms with Crippen LogP contribution in [0.4, 0.5) is 0 Å². The van der Waals surface area contributed by atoms with Crippen LogP contribution in [-0.2, 0) is 22.7 Å². The number of amides is 1. The lowest BCUT2D eigenvalue weighted by atomic mass is 10.1. The second-order valence-electron chi connectivity index (χ2n) is 6.61. The van der Waals surface area contributed by atoms with Gasteiger partial charge in [0.15, 0.2) is 6.61 Å². The fourth-order valence-electron chi connectivity index (χ4n) is 2.78. The molecule has 3 aromatic rings. The molecule has 5 nitrogen and oxygen atoms in total. The van der Waals surface area contributed by atoms with Gasteiger partial charge in [0.2, 0.25) is 0 Å². The third-order valence-electron chi connectivity index (χ3n) is 4.25. The predicted octanol–water partition coefficient (Wildman–Crippen LogP) is 4.05. The number of esters is 1. The Morgan fingerprint density at radius 2 is 1.59 bits per heavy atom. The Balaban J connectivity index is 1.53. The summed E-state index contributed by atoms with van der Waals surface area (Å²) in [6, 6.07) is 24.3. The van der Waals surface area contributed by atoms with Gasteiger partial charge in [-0.2, -0.15) is 0 Å². The van der Waals surface area contributed by atoms with Crippen LogP contribution in [0.25, 0.3) is 0 Å². The molecule has 0 saturated carbocycles. The van der Waals surface area contributed by atoms with Crippen molar-refractivity contribution in [2.24, 2.45) is 0 Å². The van der Waals surface area contributed by atoms with Crippen molar-refractivity contribution >= 4 is 11.9 Å². The average Bonchev–Trinajstić information content (AvgIpc) is 2.75. The van der Waals surface area contributed by atoms with Crippen LogP contribution < -0.4 is 10.1 Å². The molecule has 0 aliphatic carbocycles. The van der Waals surface area contributed by atoms with E-state index >= 15 is 0 Å². The molecule has 0 aliphatic heterocycles. The van der Waals surface area contributed by atoms with Gasteiger partial charge in [0, 0.05) is 6.54 Å². The maximum Gasteiger partial charge on any atom is 0.342 e. The third kappa shape index (κ3) is 6.21. The first kappa shape index (κ1) is 20.1. The van der Waals surface area contributed by atoms with Gasteiger partial charge in [0.1, 0.15) is 17.9 Å². The van der Waals surface area contributed by atoms with Gasteiger partial charge in [-0.15, -0.1) is 0 Å². The number of hydrogen-bond acceptors (Lipinski definition) is 4. The summed E-state index contributed by atoms with van der Waals surface area (Å²) in [5.74, 6) is -0.538. The Hall–Kier alpha value is -3.60. The smallest absolute Gasteiger partial charge is 0.342 e. The van der Waals surface area contributed by atoms with E-state index in [-0.39, 0.29) is 18.1 Å². The van der Waals surface area contributed by atoms with Crippen molar-refractivity contribution in [2.75, 3.05) is 6.61 Å². The summed E-state index contributed by atoms with van der Waals surface area (Å²) in [4.78, 5) is 24.4. The van der Waals surface area contributed by atoms with E-state index in [1.807, 2.05) is 61.5 Å². The van der Waals surface area contributed by atoms with Crippen LogP contribution in [0.3, 0.4) is 0 Å². The van der Waals surface area contributed by atoms with Gasteiger partial charge < -0.3 is 14.8 Å². The summed E-state index contributed by atoms with van der Waals surface area (Å²) >= 11 is 0. The van der Waals surface area contributed by atoms with Crippen molar-refractivity contribution in [2.45, 2.75) is 20.1 Å². The standard InChI is InChI=1S/C24H23NO4/c1-18-8-7-11-20(14-18)16-28-22-13-6-5-12-21(22)24(27)29-17-23(26)25-15-19-9-3-2-4-10-19/h2-14H,15-17H2,1H3,(H,25,26). The largest absolute Gasteiger partial charge is 0.488 e. The van der Waals surface area contributed by atoms with E-state index < -0.39 is 5.97 Å². The molecular formula is C24H23NO4. The van der Waals surface area contributed by atoms with Crippen molar-refractivity contribution in [3.05, 3.63) is 101 Å². The minimum Gasteiger partial charge on any atom is -0.488 e. The molecular weight excluding hydrogens is 366 g/mol. The number of para-hydroxylation sites is 1. The third-order valence-corrected chi connectivity index (χ3v) is 4.25. The summed E-state index contributed by atoms with van der Waals surface area (Å²) in [5, 5.41) is 2.72. The molecule has 0 unspecified atom stereocenters. The van der Waals surface area contributed by atoms with Crippen molar-refractivity contribution in [1.29, 1.82) is 0 Å². The highest BCUT2D eigenvalue weighted by Crippen LogP contribution is 2.20. The summed E-state index contributed by atoms with van der Waals surface area (Å²) in [7, 11) is 0. The highest BCUT2D eigenvalue weighted by Gasteiger charge is 2.15. The molecule has 0 aliphatic rings. The molecule has 0 atom stereocenters. The zero-order valence-corrected chi connectivity index (χ0v) is 16.3. The first-order chi connectivity index (χ1) is 14.1. The normalized spacial score (nSPS) is 10.2. The molecule has 0 aromatic heterocycles. The van der Waals surface area contributed by atoms with Gasteiger partial charge >= 0.3 is 5.97 Å². The monoisotopic (exact) mass is 389 g/mol. The Bertz CT molecular complexity index is 969. The van der Waals surface area contributed by atoms with Crippen LogP contribution >= 0.6 is 0 Å². The number of nitrogens with one attached hydrogen (secondary N) is 1. The molecule has 29 heavy (non-hydrogen) atoms. The zero-order chi connectivity index (χ0) is 20.5. The first-order valence-corrected chi connectivity index (χ1v) is 9.37. The number of aryl methyl sites for hydroxylation is 1. The van der Waals surface area contributed by atoms with Crippen molar-refractivity contribution < 1.29 is 19.1 Å². The lowest BCUT2D eigenvalue weighted by Crippen LogP contribution is -2.28. The number of ether oxygens (including phenoxy) is 2. The highest BCUT2D eigenvalue weighted by molar-refractivity contribution is 5.94. The molecule has 148 valence electrons. The van der Waals surface area contributed by atoms with Crippen LogP contribution in [-0.4, -0.2) is 18.5 Å². The average molecular weight is 389 g/mol. The summed E-state index contributed by atoms with van der Waals surface area (Å²) in [6.45, 7) is 2.38. The zero-order valence-electron chi connectivity index (χ0n) is 16.3. The maximum atomic E-state index is 12.4. The first-order valence-electron chi connectivity index (χ1n) is 9.37. The van der Waals surface area contributed by atoms with E-state index in [9.17, 15) is 9.59 Å². The Labute approximate surface area is 170 Å². The van der Waals surface area contributed by atoms with E-state index in [1.54, 1.807) is 24.3 Å². The van der Waals surface area contributed by atoms with Gasteiger partial charge in [-0.05, 0) is 30.2 Å². The van der Waals surface area contributed by atoms with Gasteiger partial charge in [0.05, 0.1) is 0 Å². The van der Waals surface area contributed by atoms with Gasteiger partial charge in [0.25, 0.3) is 5.91 Å². The van der Waals surface area contributed by atoms with Crippen LogP contribution in [0.5, 0.6) is 5.75 Å². The van der Waals surface area contributed by atoms with Crippen molar-refractivity contribution in [3.8, 4) is 5.75 Å². The van der Waals surface area contributed by atoms with E-state index in [1.165, 1.54) is 0 Å². The lowest BCUT2D eigenvalue weighted by Gasteiger charge is -2.12. The van der Waals surface area contributed by atoms with Gasteiger partial charge in [-0.25, -0.2) is 4.79 Å². The number of carbonyl (C=O) groups excluding carboxylic acids is 2. The summed E-state index contributed by atoms with van der Waals surface area (Å²) in [5.41, 5.74) is 3.41.